The van der Waals surface area contributed by atoms with Crippen molar-refractivity contribution in [2.75, 3.05) is 5.32 Å². The summed E-state index contributed by atoms with van der Waals surface area (Å²) in [5.74, 6) is 0.133. The summed E-state index contributed by atoms with van der Waals surface area (Å²) < 4.78 is 5.63. The summed E-state index contributed by atoms with van der Waals surface area (Å²) in [7, 11) is 0. The van der Waals surface area contributed by atoms with Gasteiger partial charge in [-0.05, 0) is 24.6 Å². The predicted molar refractivity (Wildman–Crippen MR) is 82.8 cm³/mol. The first-order chi connectivity index (χ1) is 10.1. The van der Waals surface area contributed by atoms with Crippen molar-refractivity contribution in [3.8, 4) is 11.5 Å². The summed E-state index contributed by atoms with van der Waals surface area (Å²) in [4.78, 5) is 11.6. The Morgan fingerprint density at radius 3 is 2.67 bits per heavy atom. The van der Waals surface area contributed by atoms with E-state index >= 15 is 0 Å². The van der Waals surface area contributed by atoms with Crippen LogP contribution in [0, 0.1) is 0 Å². The molecule has 0 aromatic heterocycles. The number of aromatic hydroxyl groups is 1. The van der Waals surface area contributed by atoms with E-state index in [0.29, 0.717) is 12.4 Å². The Kier molecular flexibility index (Phi) is 5.06. The molecule has 0 aliphatic rings. The smallest absolute Gasteiger partial charge is 0.242 e. The molecule has 1 unspecified atom stereocenters. The van der Waals surface area contributed by atoms with Crippen molar-refractivity contribution in [1.82, 2.24) is 0 Å². The zero-order chi connectivity index (χ0) is 15.2. The Morgan fingerprint density at radius 2 is 2.00 bits per heavy atom. The van der Waals surface area contributed by atoms with Gasteiger partial charge in [0.05, 0.1) is 5.69 Å². The minimum atomic E-state index is -0.682. The molecule has 0 aliphatic heterocycles. The molecule has 0 heterocycles. The number of ether oxygens (including phenoxy) is 1. The highest BCUT2D eigenvalue weighted by Crippen LogP contribution is 2.28. The number of carbonyl (C=O) groups is 1. The summed E-state index contributed by atoms with van der Waals surface area (Å²) >= 11 is 5.69. The third-order valence-electron chi connectivity index (χ3n) is 2.84. The second-order valence-corrected chi connectivity index (χ2v) is 5.21. The molecule has 0 fully saturated rings. The van der Waals surface area contributed by atoms with Gasteiger partial charge in [0.15, 0.2) is 0 Å². The third kappa shape index (κ3) is 4.39. The van der Waals surface area contributed by atoms with Crippen LogP contribution < -0.4 is 10.1 Å². The minimum absolute atomic E-state index is 0.0345. The Balaban J connectivity index is 2.06. The molecule has 0 saturated heterocycles. The van der Waals surface area contributed by atoms with Gasteiger partial charge in [-0.1, -0.05) is 30.3 Å². The molecule has 21 heavy (non-hydrogen) atoms. The van der Waals surface area contributed by atoms with E-state index < -0.39 is 5.38 Å². The standard InChI is InChI=1S/C16H16ClNO3/c1-11(17)16(20)18-14-9-13(7-8-15(14)19)21-10-12-5-3-2-4-6-12/h2-9,11,19H,10H2,1H3,(H,18,20). The Labute approximate surface area is 128 Å². The highest BCUT2D eigenvalue weighted by Gasteiger charge is 2.12. The van der Waals surface area contributed by atoms with Crippen molar-refractivity contribution in [2.45, 2.75) is 18.9 Å². The van der Waals surface area contributed by atoms with Crippen LogP contribution in [0.15, 0.2) is 48.5 Å². The molecule has 0 bridgehead atoms. The van der Waals surface area contributed by atoms with Crippen molar-refractivity contribution < 1.29 is 14.6 Å². The molecule has 2 aromatic carbocycles. The fraction of sp³-hybridized carbons (Fsp3) is 0.188. The van der Waals surface area contributed by atoms with Crippen LogP contribution in [0.3, 0.4) is 0 Å². The van der Waals surface area contributed by atoms with Gasteiger partial charge in [0, 0.05) is 6.07 Å². The van der Waals surface area contributed by atoms with E-state index in [1.54, 1.807) is 19.1 Å². The number of carbonyl (C=O) groups excluding carboxylic acids is 1. The molecule has 2 rings (SSSR count). The molecule has 1 atom stereocenters. The molecule has 2 N–H and O–H groups in total. The summed E-state index contributed by atoms with van der Waals surface area (Å²) in [6.45, 7) is 1.97. The molecule has 2 aromatic rings. The number of hydrogen-bond donors (Lipinski definition) is 2. The van der Waals surface area contributed by atoms with Crippen molar-refractivity contribution in [3.05, 3.63) is 54.1 Å². The van der Waals surface area contributed by atoms with Gasteiger partial charge < -0.3 is 15.2 Å². The second kappa shape index (κ2) is 6.99. The van der Waals surface area contributed by atoms with Crippen molar-refractivity contribution in [1.29, 1.82) is 0 Å². The lowest BCUT2D eigenvalue weighted by Crippen LogP contribution is -2.20. The van der Waals surface area contributed by atoms with Gasteiger partial charge in [-0.2, -0.15) is 0 Å². The average molecular weight is 306 g/mol. The van der Waals surface area contributed by atoms with Crippen molar-refractivity contribution >= 4 is 23.2 Å². The van der Waals surface area contributed by atoms with E-state index in [2.05, 4.69) is 5.32 Å². The molecule has 5 heteroatoms. The van der Waals surface area contributed by atoms with Crippen LogP contribution in [-0.2, 0) is 11.4 Å². The molecular weight excluding hydrogens is 290 g/mol. The van der Waals surface area contributed by atoms with E-state index in [0.717, 1.165) is 5.56 Å². The van der Waals surface area contributed by atoms with Crippen LogP contribution >= 0.6 is 11.6 Å². The van der Waals surface area contributed by atoms with Gasteiger partial charge in [-0.3, -0.25) is 4.79 Å². The van der Waals surface area contributed by atoms with Gasteiger partial charge in [0.1, 0.15) is 23.5 Å². The summed E-state index contributed by atoms with van der Waals surface area (Å²) in [5, 5.41) is 11.6. The van der Waals surface area contributed by atoms with Crippen LogP contribution in [0.2, 0.25) is 0 Å². The zero-order valence-corrected chi connectivity index (χ0v) is 12.3. The van der Waals surface area contributed by atoms with Crippen LogP contribution in [0.25, 0.3) is 0 Å². The topological polar surface area (TPSA) is 58.6 Å². The fourth-order valence-corrected chi connectivity index (χ4v) is 1.73. The first-order valence-corrected chi connectivity index (χ1v) is 6.94. The molecule has 1 amide bonds. The Hall–Kier alpha value is -2.20. The quantitative estimate of drug-likeness (QED) is 0.656. The lowest BCUT2D eigenvalue weighted by atomic mass is 10.2. The largest absolute Gasteiger partial charge is 0.506 e. The van der Waals surface area contributed by atoms with Crippen LogP contribution in [0.1, 0.15) is 12.5 Å². The molecule has 0 spiro atoms. The summed E-state index contributed by atoms with van der Waals surface area (Å²) in [6, 6.07) is 14.4. The van der Waals surface area contributed by atoms with Crippen molar-refractivity contribution in [2.24, 2.45) is 0 Å². The van der Waals surface area contributed by atoms with E-state index in [-0.39, 0.29) is 17.3 Å². The number of alkyl halides is 1. The molecule has 4 nitrogen and oxygen atoms in total. The number of rotatable bonds is 5. The van der Waals surface area contributed by atoms with Gasteiger partial charge in [-0.25, -0.2) is 0 Å². The molecular formula is C16H16ClNO3. The van der Waals surface area contributed by atoms with Crippen molar-refractivity contribution in [3.63, 3.8) is 0 Å². The van der Waals surface area contributed by atoms with E-state index in [1.165, 1.54) is 6.07 Å². The molecule has 0 radical (unpaired) electrons. The maximum atomic E-state index is 11.6. The van der Waals surface area contributed by atoms with Crippen LogP contribution in [-0.4, -0.2) is 16.4 Å². The Morgan fingerprint density at radius 1 is 1.29 bits per heavy atom. The summed E-state index contributed by atoms with van der Waals surface area (Å²) in [6.07, 6.45) is 0. The minimum Gasteiger partial charge on any atom is -0.506 e. The lowest BCUT2D eigenvalue weighted by molar-refractivity contribution is -0.115. The zero-order valence-electron chi connectivity index (χ0n) is 11.5. The number of phenolic OH excluding ortho intramolecular Hbond substituents is 1. The number of amides is 1. The van der Waals surface area contributed by atoms with Gasteiger partial charge in [-0.15, -0.1) is 11.6 Å². The number of halogens is 1. The second-order valence-electron chi connectivity index (χ2n) is 4.56. The maximum Gasteiger partial charge on any atom is 0.242 e. The SMILES string of the molecule is CC(Cl)C(=O)Nc1cc(OCc2ccccc2)ccc1O. The van der Waals surface area contributed by atoms with E-state index in [9.17, 15) is 9.90 Å². The average Bonchev–Trinajstić information content (AvgIpc) is 2.49. The molecule has 0 aliphatic carbocycles. The number of anilines is 1. The maximum absolute atomic E-state index is 11.6. The van der Waals surface area contributed by atoms with Crippen LogP contribution in [0.4, 0.5) is 5.69 Å². The highest BCUT2D eigenvalue weighted by molar-refractivity contribution is 6.32. The van der Waals surface area contributed by atoms with Crippen LogP contribution in [0.5, 0.6) is 11.5 Å². The van der Waals surface area contributed by atoms with Gasteiger partial charge >= 0.3 is 0 Å². The third-order valence-corrected chi connectivity index (χ3v) is 3.03. The van der Waals surface area contributed by atoms with Gasteiger partial charge in [0.2, 0.25) is 5.91 Å². The van der Waals surface area contributed by atoms with E-state index in [1.807, 2.05) is 30.3 Å². The monoisotopic (exact) mass is 305 g/mol. The number of benzene rings is 2. The molecule has 0 saturated carbocycles. The Bertz CT molecular complexity index is 614. The lowest BCUT2D eigenvalue weighted by Gasteiger charge is -2.11. The number of nitrogens with one attached hydrogen (secondary N) is 1. The van der Waals surface area contributed by atoms with Gasteiger partial charge in [0.25, 0.3) is 0 Å². The number of hydrogen-bond acceptors (Lipinski definition) is 3. The highest BCUT2D eigenvalue weighted by atomic mass is 35.5. The first-order valence-electron chi connectivity index (χ1n) is 6.51. The van der Waals surface area contributed by atoms with E-state index in [4.69, 9.17) is 16.3 Å². The predicted octanol–water partition coefficient (Wildman–Crippen LogP) is 3.54. The summed E-state index contributed by atoms with van der Waals surface area (Å²) in [5.41, 5.74) is 1.31. The number of phenols is 1. The fourth-order valence-electron chi connectivity index (χ4n) is 1.68. The first kappa shape index (κ1) is 15.2. The molecule has 110 valence electrons. The normalized spacial score (nSPS) is 11.7.